The van der Waals surface area contributed by atoms with Gasteiger partial charge in [0.25, 0.3) is 0 Å². The van der Waals surface area contributed by atoms with Gasteiger partial charge in [-0.25, -0.2) is 4.79 Å². The number of carbonyl (C=O) groups is 3. The molecule has 2 amide bonds. The van der Waals surface area contributed by atoms with Crippen LogP contribution in [0.3, 0.4) is 0 Å². The number of amides is 2. The molecule has 2 rings (SSSR count). The summed E-state index contributed by atoms with van der Waals surface area (Å²) in [6.07, 6.45) is -0.318. The van der Waals surface area contributed by atoms with Crippen molar-refractivity contribution >= 4 is 40.4 Å². The van der Waals surface area contributed by atoms with Crippen LogP contribution in [0.25, 0.3) is 11.0 Å². The number of ether oxygens (including phenoxy) is 1. The predicted molar refractivity (Wildman–Crippen MR) is 93.5 cm³/mol. The van der Waals surface area contributed by atoms with Gasteiger partial charge in [0, 0.05) is 11.5 Å². The van der Waals surface area contributed by atoms with Crippen LogP contribution in [0.1, 0.15) is 11.1 Å². The number of rotatable bonds is 7. The van der Waals surface area contributed by atoms with Crippen molar-refractivity contribution in [2.45, 2.75) is 13.3 Å². The SMILES string of the molecule is COc1cc2oc(=O)c(CC(=O)NCC(=O)NCC(=O)[O-])c(C)c2cc1Cl. The number of aliphatic carboxylic acids is 1. The number of methoxy groups -OCH3 is 1. The lowest BCUT2D eigenvalue weighted by Crippen LogP contribution is -2.43. The monoisotopic (exact) mass is 395 g/mol. The van der Waals surface area contributed by atoms with Crippen molar-refractivity contribution in [2.75, 3.05) is 20.2 Å². The van der Waals surface area contributed by atoms with E-state index in [-0.39, 0.29) is 17.6 Å². The van der Waals surface area contributed by atoms with Gasteiger partial charge >= 0.3 is 5.63 Å². The van der Waals surface area contributed by atoms with Crippen LogP contribution in [0.4, 0.5) is 0 Å². The van der Waals surface area contributed by atoms with Crippen molar-refractivity contribution in [3.8, 4) is 5.75 Å². The molecule has 1 heterocycles. The molecule has 9 nitrogen and oxygen atoms in total. The second-order valence-electron chi connectivity index (χ2n) is 5.58. The molecule has 1 aromatic carbocycles. The highest BCUT2D eigenvalue weighted by atomic mass is 35.5. The first kappa shape index (κ1) is 20.2. The van der Waals surface area contributed by atoms with E-state index in [0.717, 1.165) is 0 Å². The third-order valence-corrected chi connectivity index (χ3v) is 4.07. The summed E-state index contributed by atoms with van der Waals surface area (Å²) in [6, 6.07) is 3.06. The van der Waals surface area contributed by atoms with E-state index < -0.39 is 36.5 Å². The van der Waals surface area contributed by atoms with Crippen molar-refractivity contribution in [1.29, 1.82) is 0 Å². The van der Waals surface area contributed by atoms with E-state index >= 15 is 0 Å². The topological polar surface area (TPSA) is 138 Å². The van der Waals surface area contributed by atoms with Crippen LogP contribution < -0.4 is 26.1 Å². The standard InChI is InChI=1S/C17H17ClN2O7/c1-8-9-3-11(18)13(26-2)5-12(9)27-17(25)10(8)4-14(21)19-6-15(22)20-7-16(23)24/h3,5H,4,6-7H2,1-2H3,(H,19,21)(H,20,22)(H,23,24)/p-1. The molecule has 0 saturated heterocycles. The Morgan fingerprint density at radius 3 is 2.48 bits per heavy atom. The van der Waals surface area contributed by atoms with Gasteiger partial charge in [-0.2, -0.15) is 0 Å². The molecule has 27 heavy (non-hydrogen) atoms. The van der Waals surface area contributed by atoms with Gasteiger partial charge in [-0.3, -0.25) is 9.59 Å². The Labute approximate surface area is 158 Å². The molecule has 0 bridgehead atoms. The molecular formula is C17H16ClN2O7-. The number of hydrogen-bond acceptors (Lipinski definition) is 7. The highest BCUT2D eigenvalue weighted by Crippen LogP contribution is 2.31. The maximum Gasteiger partial charge on any atom is 0.340 e. The molecule has 1 aromatic heterocycles. The van der Waals surface area contributed by atoms with E-state index in [1.165, 1.54) is 13.2 Å². The lowest BCUT2D eigenvalue weighted by molar-refractivity contribution is -0.304. The molecule has 0 aliphatic rings. The Morgan fingerprint density at radius 1 is 1.19 bits per heavy atom. The molecule has 0 aliphatic heterocycles. The maximum atomic E-state index is 12.2. The molecule has 2 N–H and O–H groups in total. The van der Waals surface area contributed by atoms with E-state index in [0.29, 0.717) is 21.7 Å². The largest absolute Gasteiger partial charge is 0.548 e. The van der Waals surface area contributed by atoms with Crippen molar-refractivity contribution in [3.05, 3.63) is 38.7 Å². The summed E-state index contributed by atoms with van der Waals surface area (Å²) < 4.78 is 10.3. The summed E-state index contributed by atoms with van der Waals surface area (Å²) in [6.45, 7) is 0.552. The Kier molecular flexibility index (Phi) is 6.40. The van der Waals surface area contributed by atoms with Crippen molar-refractivity contribution < 1.29 is 28.6 Å². The van der Waals surface area contributed by atoms with Crippen molar-refractivity contribution in [2.24, 2.45) is 0 Å². The molecule has 0 fully saturated rings. The van der Waals surface area contributed by atoms with Crippen LogP contribution in [-0.2, 0) is 20.8 Å². The van der Waals surface area contributed by atoms with E-state index in [9.17, 15) is 24.3 Å². The fraction of sp³-hybridized carbons (Fsp3) is 0.294. The van der Waals surface area contributed by atoms with Crippen molar-refractivity contribution in [1.82, 2.24) is 10.6 Å². The predicted octanol–water partition coefficient (Wildman–Crippen LogP) is -0.712. The highest BCUT2D eigenvalue weighted by Gasteiger charge is 2.17. The number of benzene rings is 1. The molecule has 0 spiro atoms. The van der Waals surface area contributed by atoms with Crippen LogP contribution >= 0.6 is 11.6 Å². The van der Waals surface area contributed by atoms with Gasteiger partial charge < -0.3 is 29.7 Å². The first-order valence-corrected chi connectivity index (χ1v) is 8.13. The number of carboxylic acid groups (broad SMARTS) is 1. The van der Waals surface area contributed by atoms with Crippen LogP contribution in [0.15, 0.2) is 21.3 Å². The van der Waals surface area contributed by atoms with Gasteiger partial charge in [0.1, 0.15) is 11.3 Å². The minimum atomic E-state index is -1.45. The van der Waals surface area contributed by atoms with E-state index in [1.54, 1.807) is 13.0 Å². The van der Waals surface area contributed by atoms with Crippen molar-refractivity contribution in [3.63, 3.8) is 0 Å². The quantitative estimate of drug-likeness (QED) is 0.590. The first-order valence-electron chi connectivity index (χ1n) is 7.76. The second-order valence-corrected chi connectivity index (χ2v) is 5.99. The minimum Gasteiger partial charge on any atom is -0.548 e. The molecule has 0 unspecified atom stereocenters. The van der Waals surface area contributed by atoms with Gasteiger partial charge in [0.2, 0.25) is 11.8 Å². The molecule has 0 radical (unpaired) electrons. The Hall–Kier alpha value is -3.07. The summed E-state index contributed by atoms with van der Waals surface area (Å²) in [5.41, 5.74) is 0.212. The fourth-order valence-electron chi connectivity index (χ4n) is 2.39. The number of carbonyl (C=O) groups excluding carboxylic acids is 3. The van der Waals surface area contributed by atoms with Crippen LogP contribution in [-0.4, -0.2) is 38.0 Å². The van der Waals surface area contributed by atoms with Crippen LogP contribution in [0.2, 0.25) is 5.02 Å². The van der Waals surface area contributed by atoms with Gasteiger partial charge in [-0.05, 0) is 18.6 Å². The normalized spacial score (nSPS) is 10.5. The third kappa shape index (κ3) is 4.98. The number of fused-ring (bicyclic) bond motifs is 1. The number of carboxylic acids is 1. The zero-order valence-corrected chi connectivity index (χ0v) is 15.3. The van der Waals surface area contributed by atoms with Crippen LogP contribution in [0, 0.1) is 6.92 Å². The van der Waals surface area contributed by atoms with Crippen LogP contribution in [0.5, 0.6) is 5.75 Å². The molecule has 144 valence electrons. The Balaban J connectivity index is 2.16. The van der Waals surface area contributed by atoms with Gasteiger partial charge in [0.05, 0.1) is 43.2 Å². The molecule has 0 atom stereocenters. The van der Waals surface area contributed by atoms with Gasteiger partial charge in [0.15, 0.2) is 0 Å². The number of aryl methyl sites for hydroxylation is 1. The number of halogens is 1. The number of hydrogen-bond donors (Lipinski definition) is 2. The first-order chi connectivity index (χ1) is 12.7. The average molecular weight is 396 g/mol. The summed E-state index contributed by atoms with van der Waals surface area (Å²) in [5, 5.41) is 15.5. The molecule has 0 aliphatic carbocycles. The molecule has 10 heteroatoms. The maximum absolute atomic E-state index is 12.2. The van der Waals surface area contributed by atoms with Gasteiger partial charge in [-0.1, -0.05) is 11.6 Å². The zero-order chi connectivity index (χ0) is 20.1. The lowest BCUT2D eigenvalue weighted by Gasteiger charge is -2.11. The van der Waals surface area contributed by atoms with E-state index in [4.69, 9.17) is 20.8 Å². The fourth-order valence-corrected chi connectivity index (χ4v) is 2.63. The molecule has 2 aromatic rings. The van der Waals surface area contributed by atoms with Gasteiger partial charge in [-0.15, -0.1) is 0 Å². The summed E-state index contributed by atoms with van der Waals surface area (Å²) in [4.78, 5) is 45.9. The Bertz CT molecular complexity index is 968. The molecular weight excluding hydrogens is 380 g/mol. The summed E-state index contributed by atoms with van der Waals surface area (Å²) in [7, 11) is 1.43. The number of nitrogens with one attached hydrogen (secondary N) is 2. The minimum absolute atomic E-state index is 0.122. The summed E-state index contributed by atoms with van der Waals surface area (Å²) in [5.74, 6) is -2.41. The Morgan fingerprint density at radius 2 is 1.85 bits per heavy atom. The lowest BCUT2D eigenvalue weighted by atomic mass is 10.0. The average Bonchev–Trinajstić information content (AvgIpc) is 2.62. The summed E-state index contributed by atoms with van der Waals surface area (Å²) >= 11 is 6.09. The second kappa shape index (κ2) is 8.54. The third-order valence-electron chi connectivity index (χ3n) is 3.77. The highest BCUT2D eigenvalue weighted by molar-refractivity contribution is 6.32. The van der Waals surface area contributed by atoms with E-state index in [2.05, 4.69) is 5.32 Å². The smallest absolute Gasteiger partial charge is 0.340 e. The molecule has 0 saturated carbocycles. The zero-order valence-electron chi connectivity index (χ0n) is 14.5. The van der Waals surface area contributed by atoms with E-state index in [1.807, 2.05) is 5.32 Å².